The maximum Gasteiger partial charge on any atom is 0.315 e. The number of aliphatic carboxylic acids is 1. The van der Waals surface area contributed by atoms with Crippen molar-refractivity contribution in [3.8, 4) is 5.88 Å². The second-order valence-electron chi connectivity index (χ2n) is 4.99. The van der Waals surface area contributed by atoms with Gasteiger partial charge in [-0.1, -0.05) is 0 Å². The summed E-state index contributed by atoms with van der Waals surface area (Å²) in [5, 5.41) is 13.7. The van der Waals surface area contributed by atoms with Gasteiger partial charge in [-0.2, -0.15) is 0 Å². The molecule has 0 spiro atoms. The lowest BCUT2D eigenvalue weighted by molar-refractivity contribution is -0.136. The first-order chi connectivity index (χ1) is 9.80. The molecule has 0 aliphatic rings. The molecule has 1 aromatic rings. The van der Waals surface area contributed by atoms with Crippen LogP contribution in [0, 0.1) is 0 Å². The maximum atomic E-state index is 11.6. The van der Waals surface area contributed by atoms with E-state index >= 15 is 0 Å². The normalized spacial score (nSPS) is 10.8. The van der Waals surface area contributed by atoms with Gasteiger partial charge in [-0.25, -0.2) is 9.78 Å². The molecule has 0 saturated carbocycles. The van der Waals surface area contributed by atoms with E-state index in [0.717, 1.165) is 4.47 Å². The van der Waals surface area contributed by atoms with E-state index in [-0.39, 0.29) is 19.6 Å². The lowest BCUT2D eigenvalue weighted by Crippen LogP contribution is -2.52. The number of carbonyl (C=O) groups is 2. The molecule has 0 aliphatic heterocycles. The third kappa shape index (κ3) is 6.94. The standard InChI is InChI=1S/C13H18BrN3O4/c1-13(2,17-12(20)16-7-5-10(18)19)8-21-11-9(14)4-3-6-15-11/h3-4,6H,5,7-8H2,1-2H3,(H,18,19)(H2,16,17,20). The third-order valence-corrected chi connectivity index (χ3v) is 2.97. The zero-order valence-corrected chi connectivity index (χ0v) is 13.4. The molecule has 0 aliphatic carbocycles. The Bertz CT molecular complexity index is 508. The Morgan fingerprint density at radius 3 is 2.81 bits per heavy atom. The molecule has 0 atom stereocenters. The molecular formula is C13H18BrN3O4. The van der Waals surface area contributed by atoms with Crippen molar-refractivity contribution in [3.05, 3.63) is 22.8 Å². The van der Waals surface area contributed by atoms with Crippen molar-refractivity contribution < 1.29 is 19.4 Å². The number of rotatable bonds is 7. The van der Waals surface area contributed by atoms with Gasteiger partial charge in [-0.05, 0) is 41.9 Å². The van der Waals surface area contributed by atoms with Crippen LogP contribution in [0.4, 0.5) is 4.79 Å². The lowest BCUT2D eigenvalue weighted by Gasteiger charge is -2.26. The fourth-order valence-electron chi connectivity index (χ4n) is 1.40. The summed E-state index contributed by atoms with van der Waals surface area (Å²) in [5.74, 6) is -0.517. The van der Waals surface area contributed by atoms with Crippen molar-refractivity contribution >= 4 is 27.9 Å². The predicted molar refractivity (Wildman–Crippen MR) is 80.3 cm³/mol. The van der Waals surface area contributed by atoms with Gasteiger partial charge in [0.2, 0.25) is 5.88 Å². The van der Waals surface area contributed by atoms with Crippen LogP contribution in [0.25, 0.3) is 0 Å². The molecule has 0 bridgehead atoms. The smallest absolute Gasteiger partial charge is 0.315 e. The Kier molecular flexibility index (Phi) is 6.41. The molecule has 1 aromatic heterocycles. The van der Waals surface area contributed by atoms with E-state index in [2.05, 4.69) is 31.5 Å². The van der Waals surface area contributed by atoms with Gasteiger partial charge >= 0.3 is 12.0 Å². The van der Waals surface area contributed by atoms with Crippen LogP contribution < -0.4 is 15.4 Å². The number of urea groups is 1. The summed E-state index contributed by atoms with van der Waals surface area (Å²) in [6.07, 6.45) is 1.49. The first kappa shape index (κ1) is 17.2. The van der Waals surface area contributed by atoms with Gasteiger partial charge in [0, 0.05) is 12.7 Å². The van der Waals surface area contributed by atoms with E-state index in [4.69, 9.17) is 9.84 Å². The van der Waals surface area contributed by atoms with Crippen molar-refractivity contribution in [2.24, 2.45) is 0 Å². The van der Waals surface area contributed by atoms with Gasteiger partial charge in [0.15, 0.2) is 0 Å². The van der Waals surface area contributed by atoms with Crippen LogP contribution >= 0.6 is 15.9 Å². The van der Waals surface area contributed by atoms with Crippen LogP contribution in [0.3, 0.4) is 0 Å². The van der Waals surface area contributed by atoms with Crippen molar-refractivity contribution in [2.75, 3.05) is 13.2 Å². The number of carbonyl (C=O) groups excluding carboxylic acids is 1. The molecule has 2 amide bonds. The number of hydrogen-bond donors (Lipinski definition) is 3. The van der Waals surface area contributed by atoms with Crippen LogP contribution in [-0.2, 0) is 4.79 Å². The number of aromatic nitrogens is 1. The van der Waals surface area contributed by atoms with Crippen LogP contribution in [-0.4, -0.2) is 40.8 Å². The molecule has 0 fully saturated rings. The quantitative estimate of drug-likeness (QED) is 0.688. The number of carboxylic acids is 1. The fourth-order valence-corrected chi connectivity index (χ4v) is 1.77. The third-order valence-electron chi connectivity index (χ3n) is 2.37. The van der Waals surface area contributed by atoms with Gasteiger partial charge < -0.3 is 20.5 Å². The Balaban J connectivity index is 2.41. The van der Waals surface area contributed by atoms with Crippen LogP contribution in [0.5, 0.6) is 5.88 Å². The SMILES string of the molecule is CC(C)(COc1ncccc1Br)NC(=O)NCCC(=O)O. The molecule has 0 radical (unpaired) electrons. The summed E-state index contributed by atoms with van der Waals surface area (Å²) in [6.45, 7) is 3.88. The van der Waals surface area contributed by atoms with Gasteiger partial charge in [0.1, 0.15) is 6.61 Å². The molecule has 21 heavy (non-hydrogen) atoms. The van der Waals surface area contributed by atoms with Gasteiger partial charge in [0.05, 0.1) is 16.4 Å². The highest BCUT2D eigenvalue weighted by atomic mass is 79.9. The van der Waals surface area contributed by atoms with Gasteiger partial charge in [0.25, 0.3) is 0 Å². The monoisotopic (exact) mass is 359 g/mol. The zero-order chi connectivity index (χ0) is 15.9. The van der Waals surface area contributed by atoms with Crippen LogP contribution in [0.15, 0.2) is 22.8 Å². The van der Waals surface area contributed by atoms with Crippen molar-refractivity contribution in [1.82, 2.24) is 15.6 Å². The molecule has 116 valence electrons. The highest BCUT2D eigenvalue weighted by Crippen LogP contribution is 2.21. The Labute approximate surface area is 131 Å². The summed E-state index contributed by atoms with van der Waals surface area (Å²) in [7, 11) is 0. The van der Waals surface area contributed by atoms with E-state index in [1.807, 2.05) is 0 Å². The number of nitrogens with one attached hydrogen (secondary N) is 2. The van der Waals surface area contributed by atoms with Crippen molar-refractivity contribution in [2.45, 2.75) is 25.8 Å². The van der Waals surface area contributed by atoms with Gasteiger partial charge in [-0.3, -0.25) is 4.79 Å². The second kappa shape index (κ2) is 7.82. The summed E-state index contributed by atoms with van der Waals surface area (Å²) in [6, 6.07) is 3.14. The van der Waals surface area contributed by atoms with E-state index in [1.54, 1.807) is 32.2 Å². The molecule has 1 heterocycles. The molecule has 7 nitrogen and oxygen atoms in total. The number of halogens is 1. The number of pyridine rings is 1. The summed E-state index contributed by atoms with van der Waals surface area (Å²) >= 11 is 3.32. The van der Waals surface area contributed by atoms with E-state index in [1.165, 1.54) is 0 Å². The highest BCUT2D eigenvalue weighted by molar-refractivity contribution is 9.10. The van der Waals surface area contributed by atoms with Crippen molar-refractivity contribution in [3.63, 3.8) is 0 Å². The molecular weight excluding hydrogens is 342 g/mol. The molecule has 3 N–H and O–H groups in total. The number of hydrogen-bond acceptors (Lipinski definition) is 4. The molecule has 0 saturated heterocycles. The molecule has 1 rings (SSSR count). The minimum atomic E-state index is -0.960. The average molecular weight is 360 g/mol. The topological polar surface area (TPSA) is 101 Å². The number of ether oxygens (including phenoxy) is 1. The van der Waals surface area contributed by atoms with Crippen LogP contribution in [0.2, 0.25) is 0 Å². The minimum Gasteiger partial charge on any atom is -0.481 e. The largest absolute Gasteiger partial charge is 0.481 e. The number of nitrogens with zero attached hydrogens (tertiary/aromatic N) is 1. The number of carboxylic acid groups (broad SMARTS) is 1. The van der Waals surface area contributed by atoms with E-state index in [9.17, 15) is 9.59 Å². The first-order valence-electron chi connectivity index (χ1n) is 6.31. The van der Waals surface area contributed by atoms with E-state index in [0.29, 0.717) is 5.88 Å². The van der Waals surface area contributed by atoms with Gasteiger partial charge in [-0.15, -0.1) is 0 Å². The minimum absolute atomic E-state index is 0.0733. The Hall–Kier alpha value is -1.83. The zero-order valence-electron chi connectivity index (χ0n) is 11.9. The lowest BCUT2D eigenvalue weighted by atomic mass is 10.1. The van der Waals surface area contributed by atoms with Crippen LogP contribution in [0.1, 0.15) is 20.3 Å². The van der Waals surface area contributed by atoms with Crippen molar-refractivity contribution in [1.29, 1.82) is 0 Å². The highest BCUT2D eigenvalue weighted by Gasteiger charge is 2.22. The Morgan fingerprint density at radius 1 is 1.48 bits per heavy atom. The summed E-state index contributed by atoms with van der Waals surface area (Å²) in [4.78, 5) is 26.0. The van der Waals surface area contributed by atoms with E-state index < -0.39 is 17.5 Å². The Morgan fingerprint density at radius 2 is 2.19 bits per heavy atom. The average Bonchev–Trinajstić information content (AvgIpc) is 2.36. The number of amides is 2. The predicted octanol–water partition coefficient (Wildman–Crippen LogP) is 1.78. The molecule has 0 unspecified atom stereocenters. The second-order valence-corrected chi connectivity index (χ2v) is 5.84. The fraction of sp³-hybridized carbons (Fsp3) is 0.462. The first-order valence-corrected chi connectivity index (χ1v) is 7.10. The summed E-state index contributed by atoms with van der Waals surface area (Å²) < 4.78 is 6.28. The molecule has 8 heteroatoms. The maximum absolute atomic E-state index is 11.6. The molecule has 0 aromatic carbocycles. The summed E-state index contributed by atoms with van der Waals surface area (Å²) in [5.41, 5.74) is -0.635.